The van der Waals surface area contributed by atoms with Crippen LogP contribution in [0, 0.1) is 0 Å². The predicted molar refractivity (Wildman–Crippen MR) is 82.8 cm³/mol. The lowest BCUT2D eigenvalue weighted by molar-refractivity contribution is 0.514. The van der Waals surface area contributed by atoms with Gasteiger partial charge in [-0.15, -0.1) is 0 Å². The number of nitrogen functional groups attached to an aromatic ring is 1. The van der Waals surface area contributed by atoms with Gasteiger partial charge in [0.15, 0.2) is 0 Å². The third-order valence-electron chi connectivity index (χ3n) is 4.05. The molecule has 0 bridgehead atoms. The number of anilines is 1. The molecule has 2 aromatic rings. The molecule has 2 unspecified atom stereocenters. The van der Waals surface area contributed by atoms with E-state index in [2.05, 4.69) is 6.26 Å². The minimum absolute atomic E-state index is 0.0577. The lowest BCUT2D eigenvalue weighted by Crippen LogP contribution is -2.26. The molecule has 1 fully saturated rings. The number of fused-ring (bicyclic) bond motifs is 1. The third kappa shape index (κ3) is 2.14. The van der Waals surface area contributed by atoms with E-state index in [0.717, 1.165) is 23.6 Å². The highest BCUT2D eigenvalue weighted by molar-refractivity contribution is 7.99. The molecule has 19 heavy (non-hydrogen) atoms. The van der Waals surface area contributed by atoms with Crippen LogP contribution in [-0.2, 0) is 0 Å². The first-order valence-electron chi connectivity index (χ1n) is 6.63. The fraction of sp³-hybridized carbons (Fsp3) is 0.400. The molecular formula is C15H18N2OS. The van der Waals surface area contributed by atoms with Crippen molar-refractivity contribution < 1.29 is 0 Å². The summed E-state index contributed by atoms with van der Waals surface area (Å²) in [5, 5.41) is 2.35. The van der Waals surface area contributed by atoms with Gasteiger partial charge in [-0.2, -0.15) is 11.8 Å². The Morgan fingerprint density at radius 1 is 1.32 bits per heavy atom. The van der Waals surface area contributed by atoms with E-state index in [1.54, 1.807) is 4.57 Å². The molecule has 100 valence electrons. The van der Waals surface area contributed by atoms with Crippen LogP contribution in [0.3, 0.4) is 0 Å². The number of nitrogens with zero attached hydrogens (tertiary/aromatic N) is 1. The van der Waals surface area contributed by atoms with Gasteiger partial charge >= 0.3 is 0 Å². The van der Waals surface area contributed by atoms with E-state index >= 15 is 0 Å². The van der Waals surface area contributed by atoms with Crippen molar-refractivity contribution in [2.45, 2.75) is 30.6 Å². The Labute approximate surface area is 116 Å². The van der Waals surface area contributed by atoms with Crippen molar-refractivity contribution in [3.05, 3.63) is 40.7 Å². The van der Waals surface area contributed by atoms with Gasteiger partial charge in [-0.3, -0.25) is 9.36 Å². The predicted octanol–water partition coefficient (Wildman–Crippen LogP) is 3.04. The molecule has 1 aliphatic carbocycles. The second-order valence-corrected chi connectivity index (χ2v) is 6.29. The zero-order chi connectivity index (χ0) is 13.4. The van der Waals surface area contributed by atoms with Crippen molar-refractivity contribution in [2.75, 3.05) is 12.0 Å². The van der Waals surface area contributed by atoms with E-state index in [1.165, 1.54) is 6.42 Å². The summed E-state index contributed by atoms with van der Waals surface area (Å²) in [5.74, 6) is 0.593. The molecule has 0 aliphatic heterocycles. The number of rotatable bonds is 2. The van der Waals surface area contributed by atoms with E-state index in [4.69, 9.17) is 5.73 Å². The highest BCUT2D eigenvalue weighted by Crippen LogP contribution is 2.36. The first kappa shape index (κ1) is 12.6. The Balaban J connectivity index is 2.11. The number of hydrogen-bond donors (Lipinski definition) is 1. The van der Waals surface area contributed by atoms with Crippen molar-refractivity contribution >= 4 is 28.4 Å². The Hall–Kier alpha value is -1.42. The molecule has 0 amide bonds. The fourth-order valence-corrected chi connectivity index (χ4v) is 3.82. The van der Waals surface area contributed by atoms with Gasteiger partial charge in [-0.05, 0) is 43.0 Å². The van der Waals surface area contributed by atoms with Crippen molar-refractivity contribution in [3.8, 4) is 0 Å². The summed E-state index contributed by atoms with van der Waals surface area (Å²) >= 11 is 1.89. The lowest BCUT2D eigenvalue weighted by Gasteiger charge is -2.18. The van der Waals surface area contributed by atoms with E-state index < -0.39 is 0 Å². The van der Waals surface area contributed by atoms with Crippen molar-refractivity contribution in [1.82, 2.24) is 4.57 Å². The highest BCUT2D eigenvalue weighted by Gasteiger charge is 2.27. The normalized spacial score (nSPS) is 23.0. The van der Waals surface area contributed by atoms with Gasteiger partial charge in [0.05, 0.1) is 0 Å². The summed E-state index contributed by atoms with van der Waals surface area (Å²) in [7, 11) is 0. The summed E-state index contributed by atoms with van der Waals surface area (Å²) in [6.45, 7) is 0. The average molecular weight is 274 g/mol. The van der Waals surface area contributed by atoms with E-state index in [1.807, 2.05) is 42.1 Å². The smallest absolute Gasteiger partial charge is 0.260 e. The number of benzene rings is 1. The quantitative estimate of drug-likeness (QED) is 0.915. The monoisotopic (exact) mass is 274 g/mol. The summed E-state index contributed by atoms with van der Waals surface area (Å²) in [6.07, 6.45) is 5.40. The highest BCUT2D eigenvalue weighted by atomic mass is 32.2. The molecular weight excluding hydrogens is 256 g/mol. The largest absolute Gasteiger partial charge is 0.385 e. The van der Waals surface area contributed by atoms with Gasteiger partial charge in [0.1, 0.15) is 5.82 Å². The maximum atomic E-state index is 12.6. The maximum absolute atomic E-state index is 12.6. The lowest BCUT2D eigenvalue weighted by atomic mass is 10.1. The molecule has 0 radical (unpaired) electrons. The molecule has 1 aliphatic rings. The molecule has 2 N–H and O–H groups in total. The van der Waals surface area contributed by atoms with Gasteiger partial charge in [-0.25, -0.2) is 0 Å². The second kappa shape index (κ2) is 4.93. The van der Waals surface area contributed by atoms with E-state index in [0.29, 0.717) is 11.1 Å². The fourth-order valence-electron chi connectivity index (χ4n) is 3.04. The number of aromatic nitrogens is 1. The van der Waals surface area contributed by atoms with Gasteiger partial charge < -0.3 is 5.73 Å². The van der Waals surface area contributed by atoms with Gasteiger partial charge in [0.25, 0.3) is 5.56 Å². The number of pyridine rings is 1. The summed E-state index contributed by atoms with van der Waals surface area (Å²) < 4.78 is 1.80. The molecule has 0 spiro atoms. The molecule has 1 aromatic heterocycles. The Morgan fingerprint density at radius 3 is 2.84 bits per heavy atom. The van der Waals surface area contributed by atoms with Gasteiger partial charge in [0, 0.05) is 16.7 Å². The Bertz CT molecular complexity index is 665. The van der Waals surface area contributed by atoms with Crippen LogP contribution in [0.1, 0.15) is 25.3 Å². The van der Waals surface area contributed by atoms with Crippen LogP contribution in [0.25, 0.3) is 10.8 Å². The van der Waals surface area contributed by atoms with Crippen LogP contribution >= 0.6 is 11.8 Å². The van der Waals surface area contributed by atoms with Crippen molar-refractivity contribution in [2.24, 2.45) is 0 Å². The molecule has 0 saturated heterocycles. The third-order valence-corrected chi connectivity index (χ3v) is 5.14. The van der Waals surface area contributed by atoms with Crippen LogP contribution in [0.15, 0.2) is 35.1 Å². The van der Waals surface area contributed by atoms with Crippen LogP contribution < -0.4 is 11.3 Å². The first-order valence-corrected chi connectivity index (χ1v) is 7.92. The zero-order valence-corrected chi connectivity index (χ0v) is 11.8. The average Bonchev–Trinajstić information content (AvgIpc) is 2.87. The van der Waals surface area contributed by atoms with Gasteiger partial charge in [-0.1, -0.05) is 18.2 Å². The second-order valence-electron chi connectivity index (χ2n) is 5.16. The molecule has 2 atom stereocenters. The SMILES string of the molecule is CSC1CCC(n2c(N)cc3ccccc3c2=O)C1. The molecule has 3 rings (SSSR count). The summed E-state index contributed by atoms with van der Waals surface area (Å²) in [5.41, 5.74) is 6.17. The van der Waals surface area contributed by atoms with Crippen molar-refractivity contribution in [3.63, 3.8) is 0 Å². The first-order chi connectivity index (χ1) is 9.20. The topological polar surface area (TPSA) is 48.0 Å². The minimum Gasteiger partial charge on any atom is -0.385 e. The van der Waals surface area contributed by atoms with E-state index in [-0.39, 0.29) is 11.6 Å². The molecule has 3 nitrogen and oxygen atoms in total. The van der Waals surface area contributed by atoms with E-state index in [9.17, 15) is 4.79 Å². The molecule has 1 heterocycles. The minimum atomic E-state index is 0.0577. The van der Waals surface area contributed by atoms with Crippen molar-refractivity contribution in [1.29, 1.82) is 0 Å². The van der Waals surface area contributed by atoms with Crippen LogP contribution in [-0.4, -0.2) is 16.1 Å². The Kier molecular flexibility index (Phi) is 3.27. The molecule has 1 aromatic carbocycles. The molecule has 1 saturated carbocycles. The standard InChI is InChI=1S/C15H18N2OS/c1-19-12-7-6-11(9-12)17-14(16)8-10-4-2-3-5-13(10)15(17)18/h2-5,8,11-12H,6-7,9,16H2,1H3. The Morgan fingerprint density at radius 2 is 2.11 bits per heavy atom. The molecule has 4 heteroatoms. The van der Waals surface area contributed by atoms with Crippen LogP contribution in [0.5, 0.6) is 0 Å². The summed E-state index contributed by atoms with van der Waals surface area (Å²) in [4.78, 5) is 12.6. The number of hydrogen-bond acceptors (Lipinski definition) is 3. The summed E-state index contributed by atoms with van der Waals surface area (Å²) in [6, 6.07) is 9.85. The van der Waals surface area contributed by atoms with Crippen LogP contribution in [0.4, 0.5) is 5.82 Å². The number of nitrogens with two attached hydrogens (primary N) is 1. The van der Waals surface area contributed by atoms with Gasteiger partial charge in [0.2, 0.25) is 0 Å². The van der Waals surface area contributed by atoms with Crippen LogP contribution in [0.2, 0.25) is 0 Å². The zero-order valence-electron chi connectivity index (χ0n) is 11.0. The maximum Gasteiger partial charge on any atom is 0.260 e. The number of thioether (sulfide) groups is 1.